The van der Waals surface area contributed by atoms with E-state index in [4.69, 9.17) is 4.43 Å². The Bertz CT molecular complexity index is 575. The minimum absolute atomic E-state index is 0.0974. The number of aliphatic hydroxyl groups is 1. The van der Waals surface area contributed by atoms with E-state index in [9.17, 15) is 31.4 Å². The second kappa shape index (κ2) is 9.89. The fraction of sp³-hybridized carbons (Fsp3) is 1.00. The van der Waals surface area contributed by atoms with Crippen LogP contribution >= 0.6 is 0 Å². The van der Waals surface area contributed by atoms with Crippen molar-refractivity contribution < 1.29 is 35.9 Å². The van der Waals surface area contributed by atoms with Crippen LogP contribution in [-0.2, 0) is 4.43 Å². The highest BCUT2D eigenvalue weighted by molar-refractivity contribution is 6.74. The molecular weight excluding hydrogens is 440 g/mol. The highest BCUT2D eigenvalue weighted by Crippen LogP contribution is 2.48. The standard InChI is InChI=1S/C21H37F6NO2Si/c1-20(2,3)31(4,5)30-11-15-16(12-6-8-13(22)9-7-12)14(10-29)18(21(25,26)27)28-17(15)19(23)24/h12-19,28-29H,6-11H2,1-5H3. The molecule has 0 radical (unpaired) electrons. The Hall–Kier alpha value is -0.323. The zero-order chi connectivity index (χ0) is 23.8. The van der Waals surface area contributed by atoms with Gasteiger partial charge >= 0.3 is 6.18 Å². The van der Waals surface area contributed by atoms with E-state index in [0.717, 1.165) is 0 Å². The summed E-state index contributed by atoms with van der Waals surface area (Å²) in [5, 5.41) is 11.9. The monoisotopic (exact) mass is 477 g/mol. The highest BCUT2D eigenvalue weighted by Gasteiger charge is 2.58. The number of alkyl halides is 6. The third-order valence-corrected chi connectivity index (χ3v) is 12.3. The maximum Gasteiger partial charge on any atom is 0.404 e. The zero-order valence-electron chi connectivity index (χ0n) is 19.0. The molecule has 3 nitrogen and oxygen atoms in total. The van der Waals surface area contributed by atoms with Gasteiger partial charge in [-0.25, -0.2) is 13.2 Å². The molecule has 5 atom stereocenters. The third-order valence-electron chi connectivity index (χ3n) is 7.77. The van der Waals surface area contributed by atoms with E-state index >= 15 is 0 Å². The number of piperidine rings is 1. The van der Waals surface area contributed by atoms with Gasteiger partial charge in [0.15, 0.2) is 8.32 Å². The van der Waals surface area contributed by atoms with Crippen molar-refractivity contribution in [2.24, 2.45) is 23.7 Å². The Morgan fingerprint density at radius 3 is 2.00 bits per heavy atom. The predicted molar refractivity (Wildman–Crippen MR) is 110 cm³/mol. The van der Waals surface area contributed by atoms with Crippen LogP contribution in [0.5, 0.6) is 0 Å². The molecule has 0 aromatic heterocycles. The summed E-state index contributed by atoms with van der Waals surface area (Å²) in [7, 11) is -2.35. The Kier molecular flexibility index (Phi) is 8.59. The van der Waals surface area contributed by atoms with Gasteiger partial charge in [-0.1, -0.05) is 20.8 Å². The molecule has 2 N–H and O–H groups in total. The predicted octanol–water partition coefficient (Wildman–Crippen LogP) is 5.55. The van der Waals surface area contributed by atoms with Gasteiger partial charge in [-0.2, -0.15) is 13.2 Å². The fourth-order valence-corrected chi connectivity index (χ4v) is 6.00. The molecule has 1 saturated heterocycles. The second-order valence-electron chi connectivity index (χ2n) is 10.7. The molecule has 10 heteroatoms. The van der Waals surface area contributed by atoms with Crippen molar-refractivity contribution >= 4 is 8.32 Å². The van der Waals surface area contributed by atoms with E-state index in [1.165, 1.54) is 0 Å². The summed E-state index contributed by atoms with van der Waals surface area (Å²) in [4.78, 5) is 0. The van der Waals surface area contributed by atoms with Gasteiger partial charge in [0, 0.05) is 25.0 Å². The molecule has 0 spiro atoms. The summed E-state index contributed by atoms with van der Waals surface area (Å²) in [5.41, 5.74) is 0. The molecule has 0 aromatic carbocycles. The quantitative estimate of drug-likeness (QED) is 0.390. The molecule has 2 fully saturated rings. The van der Waals surface area contributed by atoms with Crippen LogP contribution in [0, 0.1) is 23.7 Å². The van der Waals surface area contributed by atoms with Gasteiger partial charge in [-0.05, 0) is 55.7 Å². The van der Waals surface area contributed by atoms with Crippen LogP contribution in [0.4, 0.5) is 26.3 Å². The number of hydrogen-bond acceptors (Lipinski definition) is 3. The summed E-state index contributed by atoms with van der Waals surface area (Å²) in [6, 6.07) is -3.93. The zero-order valence-corrected chi connectivity index (χ0v) is 20.0. The lowest BCUT2D eigenvalue weighted by Crippen LogP contribution is -2.67. The first-order valence-electron chi connectivity index (χ1n) is 11.1. The van der Waals surface area contributed by atoms with Crippen molar-refractivity contribution in [3.8, 4) is 0 Å². The molecule has 184 valence electrons. The van der Waals surface area contributed by atoms with Crippen LogP contribution in [-0.4, -0.2) is 57.5 Å². The molecule has 2 rings (SSSR count). The molecule has 2 aliphatic rings. The number of rotatable bonds is 6. The first-order valence-corrected chi connectivity index (χ1v) is 14.0. The van der Waals surface area contributed by atoms with E-state index in [1.54, 1.807) is 0 Å². The van der Waals surface area contributed by atoms with E-state index in [1.807, 2.05) is 33.9 Å². The van der Waals surface area contributed by atoms with Crippen LogP contribution < -0.4 is 5.32 Å². The van der Waals surface area contributed by atoms with E-state index in [0.29, 0.717) is 12.8 Å². The Morgan fingerprint density at radius 2 is 1.58 bits per heavy atom. The molecule has 5 unspecified atom stereocenters. The summed E-state index contributed by atoms with van der Waals surface area (Å²) in [6.45, 7) is 9.05. The molecule has 1 aliphatic heterocycles. The van der Waals surface area contributed by atoms with Crippen LogP contribution in [0.25, 0.3) is 0 Å². The van der Waals surface area contributed by atoms with Gasteiger partial charge in [0.2, 0.25) is 0 Å². The first-order chi connectivity index (χ1) is 14.1. The topological polar surface area (TPSA) is 41.5 Å². The number of hydrogen-bond donors (Lipinski definition) is 2. The third kappa shape index (κ3) is 6.17. The van der Waals surface area contributed by atoms with Gasteiger partial charge in [0.25, 0.3) is 6.43 Å². The van der Waals surface area contributed by atoms with Gasteiger partial charge in [-0.15, -0.1) is 0 Å². The normalized spacial score (nSPS) is 36.1. The molecule has 0 bridgehead atoms. The summed E-state index contributed by atoms with van der Waals surface area (Å²) >= 11 is 0. The lowest BCUT2D eigenvalue weighted by atomic mass is 9.62. The maximum atomic E-state index is 14.0. The number of nitrogens with one attached hydrogen (secondary N) is 1. The molecule has 1 aliphatic carbocycles. The SMILES string of the molecule is CC(C)(C)[Si](C)(C)OCC1C(C(F)F)NC(C(F)(F)F)C(CO)C1C1CCC(F)CC1. The van der Waals surface area contributed by atoms with Crippen molar-refractivity contribution in [3.63, 3.8) is 0 Å². The summed E-state index contributed by atoms with van der Waals surface area (Å²) in [6.07, 6.45) is -7.73. The van der Waals surface area contributed by atoms with Crippen molar-refractivity contribution in [3.05, 3.63) is 0 Å². The van der Waals surface area contributed by atoms with Crippen LogP contribution in [0.3, 0.4) is 0 Å². The molecule has 0 aromatic rings. The van der Waals surface area contributed by atoms with Crippen molar-refractivity contribution in [2.45, 2.75) is 95.4 Å². The fourth-order valence-electron chi connectivity index (χ4n) is 4.96. The second-order valence-corrected chi connectivity index (χ2v) is 15.5. The van der Waals surface area contributed by atoms with Crippen LogP contribution in [0.2, 0.25) is 18.1 Å². The van der Waals surface area contributed by atoms with Gasteiger partial charge in [-0.3, -0.25) is 5.32 Å². The van der Waals surface area contributed by atoms with Crippen molar-refractivity contribution in [2.75, 3.05) is 13.2 Å². The average molecular weight is 478 g/mol. The van der Waals surface area contributed by atoms with Gasteiger partial charge in [0.1, 0.15) is 12.2 Å². The lowest BCUT2D eigenvalue weighted by Gasteiger charge is -2.52. The Balaban J connectivity index is 2.42. The molecule has 31 heavy (non-hydrogen) atoms. The highest BCUT2D eigenvalue weighted by atomic mass is 28.4. The van der Waals surface area contributed by atoms with Gasteiger partial charge < -0.3 is 9.53 Å². The van der Waals surface area contributed by atoms with Crippen LogP contribution in [0.1, 0.15) is 46.5 Å². The minimum Gasteiger partial charge on any atom is -0.416 e. The number of halogens is 6. The Morgan fingerprint density at radius 1 is 1.03 bits per heavy atom. The molecular formula is C21H37F6NO2Si. The number of aliphatic hydroxyl groups excluding tert-OH is 1. The summed E-state index contributed by atoms with van der Waals surface area (Å²) < 4.78 is 89.3. The minimum atomic E-state index is -4.78. The molecule has 1 heterocycles. The summed E-state index contributed by atoms with van der Waals surface area (Å²) in [5.74, 6) is -3.35. The smallest absolute Gasteiger partial charge is 0.404 e. The average Bonchev–Trinajstić information content (AvgIpc) is 2.64. The van der Waals surface area contributed by atoms with Crippen LogP contribution in [0.15, 0.2) is 0 Å². The van der Waals surface area contributed by atoms with E-state index in [-0.39, 0.29) is 30.4 Å². The van der Waals surface area contributed by atoms with Crippen molar-refractivity contribution in [1.82, 2.24) is 5.32 Å². The van der Waals surface area contributed by atoms with E-state index in [2.05, 4.69) is 5.32 Å². The van der Waals surface area contributed by atoms with Gasteiger partial charge in [0.05, 0.1) is 6.04 Å². The molecule has 1 saturated carbocycles. The lowest BCUT2D eigenvalue weighted by molar-refractivity contribution is -0.205. The van der Waals surface area contributed by atoms with E-state index < -0.39 is 63.5 Å². The Labute approximate surface area is 182 Å². The first kappa shape index (κ1) is 26.9. The maximum absolute atomic E-state index is 14.0. The van der Waals surface area contributed by atoms with Crippen molar-refractivity contribution in [1.29, 1.82) is 0 Å². The molecule has 0 amide bonds. The largest absolute Gasteiger partial charge is 0.416 e.